The topological polar surface area (TPSA) is 12.0 Å². The van der Waals surface area contributed by atoms with Crippen molar-refractivity contribution in [1.82, 2.24) is 5.32 Å². The highest BCUT2D eigenvalue weighted by Crippen LogP contribution is 2.09. The van der Waals surface area contributed by atoms with E-state index in [-0.39, 0.29) is 6.04 Å². The molecule has 70 valence electrons. The summed E-state index contributed by atoms with van der Waals surface area (Å²) in [4.78, 5) is 0. The lowest BCUT2D eigenvalue weighted by Crippen LogP contribution is -2.26. The SMILES string of the molecule is C=C(C)C(/C=C\C)NC1=CCC=C1. The van der Waals surface area contributed by atoms with E-state index >= 15 is 0 Å². The summed E-state index contributed by atoms with van der Waals surface area (Å²) in [7, 11) is 0. The molecule has 0 aromatic carbocycles. The standard InChI is InChI=1S/C12H17N/c1-4-7-12(10(2)3)13-11-8-5-6-9-11/h4-5,7-9,12-13H,2,6H2,1,3H3/b7-4-. The maximum atomic E-state index is 3.95. The van der Waals surface area contributed by atoms with Gasteiger partial charge in [-0.2, -0.15) is 0 Å². The average molecular weight is 175 g/mol. The summed E-state index contributed by atoms with van der Waals surface area (Å²) in [6.07, 6.45) is 11.6. The monoisotopic (exact) mass is 175 g/mol. The third-order valence-corrected chi connectivity index (χ3v) is 2.01. The molecule has 1 nitrogen and oxygen atoms in total. The third-order valence-electron chi connectivity index (χ3n) is 2.01. The van der Waals surface area contributed by atoms with Crippen LogP contribution in [0.5, 0.6) is 0 Å². The predicted molar refractivity (Wildman–Crippen MR) is 58.4 cm³/mol. The number of hydrogen-bond donors (Lipinski definition) is 1. The number of hydrogen-bond acceptors (Lipinski definition) is 1. The van der Waals surface area contributed by atoms with Gasteiger partial charge in [-0.3, -0.25) is 0 Å². The lowest BCUT2D eigenvalue weighted by molar-refractivity contribution is 0.768. The Bertz CT molecular complexity index is 269. The molecular formula is C12H17N. The Hall–Kier alpha value is -1.24. The van der Waals surface area contributed by atoms with Gasteiger partial charge in [0.25, 0.3) is 0 Å². The molecule has 0 radical (unpaired) electrons. The highest BCUT2D eigenvalue weighted by atomic mass is 14.9. The van der Waals surface area contributed by atoms with Gasteiger partial charge in [0.1, 0.15) is 0 Å². The minimum absolute atomic E-state index is 0.263. The average Bonchev–Trinajstić information content (AvgIpc) is 2.56. The van der Waals surface area contributed by atoms with Crippen molar-refractivity contribution in [3.8, 4) is 0 Å². The Kier molecular flexibility index (Phi) is 3.56. The van der Waals surface area contributed by atoms with E-state index in [4.69, 9.17) is 0 Å². The van der Waals surface area contributed by atoms with Crippen LogP contribution in [0.15, 0.2) is 48.2 Å². The molecule has 1 aliphatic carbocycles. The molecule has 0 saturated carbocycles. The fourth-order valence-electron chi connectivity index (χ4n) is 1.27. The van der Waals surface area contributed by atoms with Crippen LogP contribution in [-0.4, -0.2) is 6.04 Å². The molecule has 0 bridgehead atoms. The highest BCUT2D eigenvalue weighted by molar-refractivity contribution is 5.28. The summed E-state index contributed by atoms with van der Waals surface area (Å²) in [6, 6.07) is 0.263. The molecule has 1 heteroatoms. The molecule has 0 amide bonds. The van der Waals surface area contributed by atoms with E-state index in [1.54, 1.807) is 0 Å². The Labute approximate surface area is 80.5 Å². The van der Waals surface area contributed by atoms with Crippen LogP contribution in [0.2, 0.25) is 0 Å². The first-order valence-corrected chi connectivity index (χ1v) is 4.65. The van der Waals surface area contributed by atoms with E-state index in [9.17, 15) is 0 Å². The second kappa shape index (κ2) is 4.70. The van der Waals surface area contributed by atoms with Gasteiger partial charge in [0.15, 0.2) is 0 Å². The van der Waals surface area contributed by atoms with Crippen LogP contribution in [0.1, 0.15) is 20.3 Å². The predicted octanol–water partition coefficient (Wildman–Crippen LogP) is 2.94. The number of rotatable bonds is 4. The molecule has 0 aliphatic heterocycles. The maximum absolute atomic E-state index is 3.95. The van der Waals surface area contributed by atoms with Gasteiger partial charge < -0.3 is 5.32 Å². The quantitative estimate of drug-likeness (QED) is 0.648. The molecule has 0 aromatic heterocycles. The minimum atomic E-state index is 0.263. The first kappa shape index (κ1) is 9.85. The summed E-state index contributed by atoms with van der Waals surface area (Å²) in [5.41, 5.74) is 2.34. The fourth-order valence-corrected chi connectivity index (χ4v) is 1.27. The van der Waals surface area contributed by atoms with Gasteiger partial charge in [-0.15, -0.1) is 0 Å². The molecule has 0 aromatic rings. The van der Waals surface area contributed by atoms with E-state index in [2.05, 4.69) is 36.2 Å². The molecule has 1 N–H and O–H groups in total. The van der Waals surface area contributed by atoms with Crippen molar-refractivity contribution in [2.24, 2.45) is 0 Å². The van der Waals surface area contributed by atoms with Crippen LogP contribution in [0.4, 0.5) is 0 Å². The molecule has 0 heterocycles. The van der Waals surface area contributed by atoms with Gasteiger partial charge in [0.2, 0.25) is 0 Å². The first-order chi connectivity index (χ1) is 6.24. The molecule has 0 spiro atoms. The van der Waals surface area contributed by atoms with E-state index < -0.39 is 0 Å². The molecule has 0 saturated heterocycles. The number of nitrogens with one attached hydrogen (secondary N) is 1. The van der Waals surface area contributed by atoms with E-state index in [1.165, 1.54) is 5.70 Å². The zero-order chi connectivity index (χ0) is 9.68. The van der Waals surface area contributed by atoms with Gasteiger partial charge in [-0.05, 0) is 26.3 Å². The minimum Gasteiger partial charge on any atom is -0.375 e. The zero-order valence-electron chi connectivity index (χ0n) is 8.38. The Morgan fingerprint density at radius 2 is 2.46 bits per heavy atom. The van der Waals surface area contributed by atoms with Gasteiger partial charge in [-0.25, -0.2) is 0 Å². The van der Waals surface area contributed by atoms with Gasteiger partial charge >= 0.3 is 0 Å². The van der Waals surface area contributed by atoms with Crippen molar-refractivity contribution in [2.75, 3.05) is 0 Å². The van der Waals surface area contributed by atoms with Crippen molar-refractivity contribution in [2.45, 2.75) is 26.3 Å². The Morgan fingerprint density at radius 1 is 1.69 bits per heavy atom. The first-order valence-electron chi connectivity index (χ1n) is 4.65. The molecule has 1 unspecified atom stereocenters. The second-order valence-corrected chi connectivity index (χ2v) is 3.29. The van der Waals surface area contributed by atoms with Crippen LogP contribution in [0, 0.1) is 0 Å². The molecule has 0 fully saturated rings. The van der Waals surface area contributed by atoms with Crippen LogP contribution < -0.4 is 5.32 Å². The molecule has 1 rings (SSSR count). The maximum Gasteiger partial charge on any atom is 0.0652 e. The van der Waals surface area contributed by atoms with Crippen LogP contribution in [0.25, 0.3) is 0 Å². The van der Waals surface area contributed by atoms with Gasteiger partial charge in [0.05, 0.1) is 6.04 Å². The summed E-state index contributed by atoms with van der Waals surface area (Å²) >= 11 is 0. The number of allylic oxidation sites excluding steroid dienone is 4. The Balaban J connectivity index is 2.56. The normalized spacial score (nSPS) is 17.5. The lowest BCUT2D eigenvalue weighted by atomic mass is 10.1. The molecule has 1 atom stereocenters. The van der Waals surface area contributed by atoms with Gasteiger partial charge in [0, 0.05) is 5.70 Å². The van der Waals surface area contributed by atoms with Crippen molar-refractivity contribution < 1.29 is 0 Å². The smallest absolute Gasteiger partial charge is 0.0652 e. The van der Waals surface area contributed by atoms with Crippen molar-refractivity contribution in [1.29, 1.82) is 0 Å². The van der Waals surface area contributed by atoms with Crippen molar-refractivity contribution in [3.05, 3.63) is 48.2 Å². The highest BCUT2D eigenvalue weighted by Gasteiger charge is 2.05. The summed E-state index contributed by atoms with van der Waals surface area (Å²) < 4.78 is 0. The van der Waals surface area contributed by atoms with Crippen LogP contribution in [-0.2, 0) is 0 Å². The van der Waals surface area contributed by atoms with E-state index in [0.717, 1.165) is 12.0 Å². The summed E-state index contributed by atoms with van der Waals surface area (Å²) in [5.74, 6) is 0. The van der Waals surface area contributed by atoms with E-state index in [0.29, 0.717) is 0 Å². The second-order valence-electron chi connectivity index (χ2n) is 3.29. The largest absolute Gasteiger partial charge is 0.375 e. The van der Waals surface area contributed by atoms with Crippen LogP contribution in [0.3, 0.4) is 0 Å². The molecule has 1 aliphatic rings. The third kappa shape index (κ3) is 2.94. The molecule has 13 heavy (non-hydrogen) atoms. The van der Waals surface area contributed by atoms with Gasteiger partial charge in [-0.1, -0.05) is 36.5 Å². The fraction of sp³-hybridized carbons (Fsp3) is 0.333. The van der Waals surface area contributed by atoms with Crippen LogP contribution >= 0.6 is 0 Å². The van der Waals surface area contributed by atoms with Crippen molar-refractivity contribution in [3.63, 3.8) is 0 Å². The van der Waals surface area contributed by atoms with Crippen molar-refractivity contribution >= 4 is 0 Å². The summed E-state index contributed by atoms with van der Waals surface area (Å²) in [5, 5.41) is 3.40. The Morgan fingerprint density at radius 3 is 2.92 bits per heavy atom. The zero-order valence-corrected chi connectivity index (χ0v) is 8.38. The summed E-state index contributed by atoms with van der Waals surface area (Å²) in [6.45, 7) is 8.01. The van der Waals surface area contributed by atoms with E-state index in [1.807, 2.05) is 19.9 Å². The molecular weight excluding hydrogens is 158 g/mol. The lowest BCUT2D eigenvalue weighted by Gasteiger charge is -2.16.